The van der Waals surface area contributed by atoms with Gasteiger partial charge in [-0.1, -0.05) is 0 Å². The van der Waals surface area contributed by atoms with E-state index < -0.39 is 0 Å². The second-order valence-corrected chi connectivity index (χ2v) is 6.97. The number of halogens is 1. The zero-order chi connectivity index (χ0) is 20.8. The maximum Gasteiger partial charge on any atom is 0.193 e. The highest BCUT2D eigenvalue weighted by Crippen LogP contribution is 2.33. The van der Waals surface area contributed by atoms with Crippen LogP contribution in [0.5, 0.6) is 23.0 Å². The van der Waals surface area contributed by atoms with Gasteiger partial charge in [0.1, 0.15) is 23.0 Å². The van der Waals surface area contributed by atoms with Gasteiger partial charge in [-0.25, -0.2) is 0 Å². The summed E-state index contributed by atoms with van der Waals surface area (Å²) >= 11 is 0. The molecule has 1 saturated heterocycles. The molecule has 0 aliphatic carbocycles. The first-order valence-electron chi connectivity index (χ1n) is 9.62. The number of likely N-dealkylation sites (tertiary alicyclic amines) is 1. The third kappa shape index (κ3) is 5.62. The van der Waals surface area contributed by atoms with Crippen LogP contribution < -0.4 is 19.5 Å². The van der Waals surface area contributed by atoms with Crippen LogP contribution in [0.3, 0.4) is 0 Å². The maximum absolute atomic E-state index is 10.1. The van der Waals surface area contributed by atoms with Crippen molar-refractivity contribution in [3.63, 3.8) is 0 Å². The molecule has 8 heteroatoms. The Kier molecular flexibility index (Phi) is 8.88. The van der Waals surface area contributed by atoms with E-state index in [1.165, 1.54) is 5.56 Å². The molecule has 164 valence electrons. The summed E-state index contributed by atoms with van der Waals surface area (Å²) < 4.78 is 16.1. The normalized spacial score (nSPS) is 16.1. The van der Waals surface area contributed by atoms with Gasteiger partial charge in [0.25, 0.3) is 0 Å². The number of nitrogens with zero attached hydrogens (tertiary/aromatic N) is 2. The number of guanidine groups is 1. The molecule has 30 heavy (non-hydrogen) atoms. The summed E-state index contributed by atoms with van der Waals surface area (Å²) in [5.41, 5.74) is 1.96. The number of benzene rings is 2. The van der Waals surface area contributed by atoms with Gasteiger partial charge >= 0.3 is 0 Å². The van der Waals surface area contributed by atoms with Crippen LogP contribution in [0, 0.1) is 0 Å². The molecule has 0 radical (unpaired) electrons. The summed E-state index contributed by atoms with van der Waals surface area (Å²) in [6.45, 7) is 2.21. The minimum atomic E-state index is 0. The lowest BCUT2D eigenvalue weighted by molar-refractivity contribution is 0.392. The van der Waals surface area contributed by atoms with E-state index in [9.17, 15) is 5.11 Å². The van der Waals surface area contributed by atoms with E-state index in [-0.39, 0.29) is 29.7 Å². The van der Waals surface area contributed by atoms with Crippen molar-refractivity contribution in [3.8, 4) is 23.0 Å². The molecule has 2 aromatic rings. The largest absolute Gasteiger partial charge is 0.508 e. The highest BCUT2D eigenvalue weighted by atomic mass is 127. The van der Waals surface area contributed by atoms with Crippen LogP contribution in [0.15, 0.2) is 41.4 Å². The minimum Gasteiger partial charge on any atom is -0.508 e. The van der Waals surface area contributed by atoms with Gasteiger partial charge in [0.05, 0.1) is 21.3 Å². The van der Waals surface area contributed by atoms with E-state index in [0.29, 0.717) is 18.2 Å². The number of ether oxygens (including phenoxy) is 3. The molecule has 0 bridgehead atoms. The minimum absolute atomic E-state index is 0. The van der Waals surface area contributed by atoms with Gasteiger partial charge in [0, 0.05) is 44.2 Å². The number of phenolic OH excluding ortho intramolecular Hbond substituents is 1. The second kappa shape index (κ2) is 11.1. The molecule has 3 rings (SSSR count). The van der Waals surface area contributed by atoms with Gasteiger partial charge < -0.3 is 29.5 Å². The van der Waals surface area contributed by atoms with E-state index in [1.807, 2.05) is 12.1 Å². The van der Waals surface area contributed by atoms with Crippen LogP contribution in [0.1, 0.15) is 23.5 Å². The first-order valence-corrected chi connectivity index (χ1v) is 9.62. The van der Waals surface area contributed by atoms with E-state index >= 15 is 0 Å². The van der Waals surface area contributed by atoms with Crippen molar-refractivity contribution in [1.29, 1.82) is 0 Å². The molecule has 0 spiro atoms. The molecule has 0 amide bonds. The Morgan fingerprint density at radius 1 is 1.07 bits per heavy atom. The Bertz CT molecular complexity index is 853. The molecule has 1 fully saturated rings. The van der Waals surface area contributed by atoms with E-state index in [2.05, 4.69) is 27.3 Å². The number of nitrogens with one attached hydrogen (secondary N) is 1. The summed E-state index contributed by atoms with van der Waals surface area (Å²) in [5.74, 6) is 3.72. The van der Waals surface area contributed by atoms with Crippen molar-refractivity contribution in [1.82, 2.24) is 10.2 Å². The Labute approximate surface area is 195 Å². The van der Waals surface area contributed by atoms with Crippen molar-refractivity contribution in [2.24, 2.45) is 4.99 Å². The number of methoxy groups -OCH3 is 3. The van der Waals surface area contributed by atoms with Crippen LogP contribution >= 0.6 is 24.0 Å². The third-order valence-electron chi connectivity index (χ3n) is 5.27. The van der Waals surface area contributed by atoms with Gasteiger partial charge in [-0.05, 0) is 42.3 Å². The summed E-state index contributed by atoms with van der Waals surface area (Å²) in [4.78, 5) is 6.65. The summed E-state index contributed by atoms with van der Waals surface area (Å²) in [6, 6.07) is 11.2. The molecule has 1 unspecified atom stereocenters. The molecule has 2 aromatic carbocycles. The van der Waals surface area contributed by atoms with E-state index in [0.717, 1.165) is 42.5 Å². The smallest absolute Gasteiger partial charge is 0.193 e. The molecular weight excluding hydrogens is 497 g/mol. The molecule has 1 atom stereocenters. The molecule has 1 aliphatic heterocycles. The lowest BCUT2D eigenvalue weighted by Crippen LogP contribution is -2.39. The second-order valence-electron chi connectivity index (χ2n) is 6.97. The quantitative estimate of drug-likeness (QED) is 0.340. The molecule has 0 aromatic heterocycles. The standard InChI is InChI=1S/C22H29N3O4.HI/c1-23-22(24-13-17-11-18(27-2)5-6-21(17)26)25-8-7-15(14-25)16-9-19(28-3)12-20(10-16)29-4;/h5-6,9-12,15,26H,7-8,13-14H2,1-4H3,(H,23,24);1H. The average molecular weight is 527 g/mol. The number of aliphatic imine (C=N–C) groups is 1. The van der Waals surface area contributed by atoms with Crippen LogP contribution in [-0.2, 0) is 6.54 Å². The average Bonchev–Trinajstić information content (AvgIpc) is 3.25. The molecule has 1 heterocycles. The van der Waals surface area contributed by atoms with Crippen molar-refractivity contribution in [2.45, 2.75) is 18.9 Å². The van der Waals surface area contributed by atoms with Crippen molar-refractivity contribution in [3.05, 3.63) is 47.5 Å². The molecule has 0 saturated carbocycles. The summed E-state index contributed by atoms with van der Waals surface area (Å²) in [7, 11) is 6.72. The fraction of sp³-hybridized carbons (Fsp3) is 0.409. The van der Waals surface area contributed by atoms with Gasteiger partial charge in [0.2, 0.25) is 0 Å². The first-order chi connectivity index (χ1) is 14.1. The van der Waals surface area contributed by atoms with Crippen molar-refractivity contribution in [2.75, 3.05) is 41.5 Å². The van der Waals surface area contributed by atoms with Crippen molar-refractivity contribution < 1.29 is 19.3 Å². The van der Waals surface area contributed by atoms with Crippen LogP contribution in [0.4, 0.5) is 0 Å². The lowest BCUT2D eigenvalue weighted by Gasteiger charge is -2.22. The Morgan fingerprint density at radius 3 is 2.33 bits per heavy atom. The lowest BCUT2D eigenvalue weighted by atomic mass is 9.98. The Hall–Kier alpha value is -2.36. The topological polar surface area (TPSA) is 75.6 Å². The summed E-state index contributed by atoms with van der Waals surface area (Å²) in [5, 5.41) is 13.4. The summed E-state index contributed by atoms with van der Waals surface area (Å²) in [6.07, 6.45) is 1.02. The van der Waals surface area contributed by atoms with Gasteiger partial charge in [-0.2, -0.15) is 0 Å². The number of phenols is 1. The maximum atomic E-state index is 10.1. The van der Waals surface area contributed by atoms with Crippen molar-refractivity contribution >= 4 is 29.9 Å². The van der Waals surface area contributed by atoms with E-state index in [1.54, 1.807) is 40.5 Å². The SMILES string of the molecule is CN=C(NCc1cc(OC)ccc1O)N1CCC(c2cc(OC)cc(OC)c2)C1.I. The monoisotopic (exact) mass is 527 g/mol. The van der Waals surface area contributed by atoms with Gasteiger partial charge in [0.15, 0.2) is 5.96 Å². The molecule has 1 aliphatic rings. The molecule has 2 N–H and O–H groups in total. The van der Waals surface area contributed by atoms with Crippen LogP contribution in [0.2, 0.25) is 0 Å². The van der Waals surface area contributed by atoms with Gasteiger partial charge in [-0.15, -0.1) is 24.0 Å². The fourth-order valence-corrected chi connectivity index (χ4v) is 3.63. The Balaban J connectivity index is 0.00000320. The highest BCUT2D eigenvalue weighted by molar-refractivity contribution is 14.0. The Morgan fingerprint density at radius 2 is 1.73 bits per heavy atom. The van der Waals surface area contributed by atoms with Crippen LogP contribution in [-0.4, -0.2) is 57.4 Å². The third-order valence-corrected chi connectivity index (χ3v) is 5.27. The zero-order valence-corrected chi connectivity index (χ0v) is 20.2. The molecule has 7 nitrogen and oxygen atoms in total. The number of rotatable bonds is 6. The number of hydrogen-bond acceptors (Lipinski definition) is 5. The fourth-order valence-electron chi connectivity index (χ4n) is 3.63. The number of hydrogen-bond donors (Lipinski definition) is 2. The first kappa shape index (κ1) is 23.9. The zero-order valence-electron chi connectivity index (χ0n) is 17.8. The van der Waals surface area contributed by atoms with Gasteiger partial charge in [-0.3, -0.25) is 4.99 Å². The predicted molar refractivity (Wildman–Crippen MR) is 129 cm³/mol. The predicted octanol–water partition coefficient (Wildman–Crippen LogP) is 3.60. The highest BCUT2D eigenvalue weighted by Gasteiger charge is 2.27. The number of aromatic hydroxyl groups is 1. The van der Waals surface area contributed by atoms with E-state index in [4.69, 9.17) is 14.2 Å². The van der Waals surface area contributed by atoms with Crippen LogP contribution in [0.25, 0.3) is 0 Å². The molecular formula is C22H30IN3O4.